The Morgan fingerprint density at radius 3 is 2.50 bits per heavy atom. The molecular formula is C15H11F3N2O4. The van der Waals surface area contributed by atoms with Crippen LogP contribution in [0.3, 0.4) is 0 Å². The largest absolute Gasteiger partial charge is 0.492 e. The highest BCUT2D eigenvalue weighted by Gasteiger charge is 2.28. The number of halogens is 3. The van der Waals surface area contributed by atoms with E-state index in [4.69, 9.17) is 4.74 Å². The van der Waals surface area contributed by atoms with Crippen LogP contribution in [0.2, 0.25) is 0 Å². The lowest BCUT2D eigenvalue weighted by molar-refractivity contribution is -0.387. The quantitative estimate of drug-likeness (QED) is 0.512. The van der Waals surface area contributed by atoms with E-state index < -0.39 is 39.5 Å². The fraction of sp³-hybridized carbons (Fsp3) is 0.133. The number of nitro groups is 1. The van der Waals surface area contributed by atoms with Crippen LogP contribution in [0.5, 0.6) is 5.75 Å². The molecule has 0 spiro atoms. The normalized spacial score (nSPS) is 10.3. The maximum atomic E-state index is 13.8. The highest BCUT2D eigenvalue weighted by atomic mass is 19.2. The van der Waals surface area contributed by atoms with Gasteiger partial charge in [0.15, 0.2) is 5.82 Å². The Labute approximate surface area is 134 Å². The standard InChI is InChI=1S/C15H11F3N2O4/c1-2-24-11-6-4-3-5-9(11)19-15(21)8-7-10(20(22)23)13(17)14(18)12(8)16/h3-7H,2H2,1H3,(H,19,21). The number of hydrogen-bond donors (Lipinski definition) is 1. The molecule has 0 saturated heterocycles. The van der Waals surface area contributed by atoms with Crippen molar-refractivity contribution in [3.63, 3.8) is 0 Å². The second-order valence-corrected chi connectivity index (χ2v) is 4.53. The summed E-state index contributed by atoms with van der Waals surface area (Å²) in [5, 5.41) is 12.9. The number of anilines is 1. The molecule has 0 atom stereocenters. The minimum atomic E-state index is -2.09. The van der Waals surface area contributed by atoms with Gasteiger partial charge in [-0.1, -0.05) is 12.1 Å². The van der Waals surface area contributed by atoms with Crippen molar-refractivity contribution in [2.45, 2.75) is 6.92 Å². The van der Waals surface area contributed by atoms with Crippen molar-refractivity contribution < 1.29 is 27.6 Å². The Hall–Kier alpha value is -3.10. The van der Waals surface area contributed by atoms with Crippen LogP contribution in [0.25, 0.3) is 0 Å². The number of para-hydroxylation sites is 2. The summed E-state index contributed by atoms with van der Waals surface area (Å²) in [6.07, 6.45) is 0. The van der Waals surface area contributed by atoms with Gasteiger partial charge in [0.1, 0.15) is 5.75 Å². The van der Waals surface area contributed by atoms with E-state index in [-0.39, 0.29) is 18.0 Å². The molecule has 0 aliphatic carbocycles. The number of rotatable bonds is 5. The van der Waals surface area contributed by atoms with Crippen LogP contribution >= 0.6 is 0 Å². The van der Waals surface area contributed by atoms with E-state index in [1.165, 1.54) is 12.1 Å². The molecule has 9 heteroatoms. The molecule has 126 valence electrons. The summed E-state index contributed by atoms with van der Waals surface area (Å²) < 4.78 is 45.8. The molecule has 0 fully saturated rings. The predicted molar refractivity (Wildman–Crippen MR) is 78.5 cm³/mol. The predicted octanol–water partition coefficient (Wildman–Crippen LogP) is 3.66. The smallest absolute Gasteiger partial charge is 0.308 e. The Morgan fingerprint density at radius 2 is 1.88 bits per heavy atom. The van der Waals surface area contributed by atoms with Gasteiger partial charge < -0.3 is 10.1 Å². The lowest BCUT2D eigenvalue weighted by Crippen LogP contribution is -2.17. The molecule has 6 nitrogen and oxygen atoms in total. The number of nitrogens with zero attached hydrogens (tertiary/aromatic N) is 1. The van der Waals surface area contributed by atoms with Crippen molar-refractivity contribution >= 4 is 17.3 Å². The first-order valence-corrected chi connectivity index (χ1v) is 6.71. The molecule has 0 bridgehead atoms. The number of nitro benzene ring substituents is 1. The van der Waals surface area contributed by atoms with E-state index in [0.29, 0.717) is 6.07 Å². The second-order valence-electron chi connectivity index (χ2n) is 4.53. The lowest BCUT2D eigenvalue weighted by Gasteiger charge is -2.11. The molecule has 2 aromatic carbocycles. The zero-order valence-corrected chi connectivity index (χ0v) is 12.3. The molecule has 24 heavy (non-hydrogen) atoms. The number of carbonyl (C=O) groups excluding carboxylic acids is 1. The van der Waals surface area contributed by atoms with Gasteiger partial charge in [-0.05, 0) is 19.1 Å². The molecule has 0 radical (unpaired) electrons. The topological polar surface area (TPSA) is 81.5 Å². The van der Waals surface area contributed by atoms with E-state index in [1.807, 2.05) is 0 Å². The number of benzene rings is 2. The molecule has 2 aromatic rings. The SMILES string of the molecule is CCOc1ccccc1NC(=O)c1cc([N+](=O)[O-])c(F)c(F)c1F. The van der Waals surface area contributed by atoms with Crippen LogP contribution in [-0.4, -0.2) is 17.4 Å². The van der Waals surface area contributed by atoms with Crippen molar-refractivity contribution in [2.24, 2.45) is 0 Å². The lowest BCUT2D eigenvalue weighted by atomic mass is 10.1. The number of carbonyl (C=O) groups is 1. The van der Waals surface area contributed by atoms with Crippen LogP contribution in [-0.2, 0) is 0 Å². The molecule has 0 saturated carbocycles. The van der Waals surface area contributed by atoms with Crippen LogP contribution in [0.4, 0.5) is 24.5 Å². The summed E-state index contributed by atoms with van der Waals surface area (Å²) in [6, 6.07) is 6.50. The minimum absolute atomic E-state index is 0.149. The van der Waals surface area contributed by atoms with E-state index in [2.05, 4.69) is 5.32 Å². The Balaban J connectivity index is 2.42. The average molecular weight is 340 g/mol. The van der Waals surface area contributed by atoms with Crippen molar-refractivity contribution in [2.75, 3.05) is 11.9 Å². The van der Waals surface area contributed by atoms with Gasteiger partial charge in [-0.3, -0.25) is 14.9 Å². The summed E-state index contributed by atoms with van der Waals surface area (Å²) in [6.45, 7) is 1.99. The zero-order valence-electron chi connectivity index (χ0n) is 12.3. The van der Waals surface area contributed by atoms with Gasteiger partial charge in [-0.2, -0.15) is 4.39 Å². The van der Waals surface area contributed by atoms with Gasteiger partial charge >= 0.3 is 5.69 Å². The van der Waals surface area contributed by atoms with Crippen LogP contribution in [0, 0.1) is 27.6 Å². The van der Waals surface area contributed by atoms with E-state index >= 15 is 0 Å². The number of nitrogens with one attached hydrogen (secondary N) is 1. The Bertz CT molecular complexity index is 812. The molecule has 0 aliphatic heterocycles. The summed E-state index contributed by atoms with van der Waals surface area (Å²) in [7, 11) is 0. The molecule has 1 amide bonds. The maximum absolute atomic E-state index is 13.8. The third-order valence-electron chi connectivity index (χ3n) is 3.00. The third-order valence-corrected chi connectivity index (χ3v) is 3.00. The van der Waals surface area contributed by atoms with Crippen molar-refractivity contribution in [3.05, 3.63) is 63.5 Å². The first kappa shape index (κ1) is 17.3. The summed E-state index contributed by atoms with van der Waals surface area (Å²) in [5.41, 5.74) is -2.18. The number of amides is 1. The zero-order chi connectivity index (χ0) is 17.9. The first-order valence-electron chi connectivity index (χ1n) is 6.71. The molecule has 2 rings (SSSR count). The van der Waals surface area contributed by atoms with E-state index in [9.17, 15) is 28.1 Å². The van der Waals surface area contributed by atoms with Gasteiger partial charge in [0.05, 0.1) is 22.8 Å². The Kier molecular flexibility index (Phi) is 5.02. The van der Waals surface area contributed by atoms with Gasteiger partial charge in [-0.25, -0.2) is 8.78 Å². The summed E-state index contributed by atoms with van der Waals surface area (Å²) in [4.78, 5) is 21.5. The molecule has 0 unspecified atom stereocenters. The Morgan fingerprint density at radius 1 is 1.21 bits per heavy atom. The van der Waals surface area contributed by atoms with Crippen LogP contribution in [0.1, 0.15) is 17.3 Å². The fourth-order valence-corrected chi connectivity index (χ4v) is 1.93. The second kappa shape index (κ2) is 6.99. The van der Waals surface area contributed by atoms with Gasteiger partial charge in [0.25, 0.3) is 5.91 Å². The van der Waals surface area contributed by atoms with Crippen LogP contribution in [0.15, 0.2) is 30.3 Å². The monoisotopic (exact) mass is 340 g/mol. The highest BCUT2D eigenvalue weighted by Crippen LogP contribution is 2.28. The first-order chi connectivity index (χ1) is 11.4. The molecule has 1 N–H and O–H groups in total. The van der Waals surface area contributed by atoms with Gasteiger partial charge in [0, 0.05) is 6.07 Å². The summed E-state index contributed by atoms with van der Waals surface area (Å²) >= 11 is 0. The minimum Gasteiger partial charge on any atom is -0.492 e. The van der Waals surface area contributed by atoms with Gasteiger partial charge in [-0.15, -0.1) is 0 Å². The van der Waals surface area contributed by atoms with Crippen LogP contribution < -0.4 is 10.1 Å². The average Bonchev–Trinajstić information content (AvgIpc) is 2.54. The van der Waals surface area contributed by atoms with E-state index in [1.54, 1.807) is 19.1 Å². The fourth-order valence-electron chi connectivity index (χ4n) is 1.93. The van der Waals surface area contributed by atoms with Crippen molar-refractivity contribution in [3.8, 4) is 5.75 Å². The van der Waals surface area contributed by atoms with Crippen molar-refractivity contribution in [1.82, 2.24) is 0 Å². The molecule has 0 heterocycles. The molecule has 0 aromatic heterocycles. The highest BCUT2D eigenvalue weighted by molar-refractivity contribution is 6.05. The third kappa shape index (κ3) is 3.29. The molecule has 0 aliphatic rings. The number of ether oxygens (including phenoxy) is 1. The molecular weight excluding hydrogens is 329 g/mol. The van der Waals surface area contributed by atoms with Crippen molar-refractivity contribution in [1.29, 1.82) is 0 Å². The summed E-state index contributed by atoms with van der Waals surface area (Å²) in [5.74, 6) is -6.78. The van der Waals surface area contributed by atoms with Gasteiger partial charge in [0.2, 0.25) is 11.6 Å². The maximum Gasteiger partial charge on any atom is 0.308 e. The van der Waals surface area contributed by atoms with E-state index in [0.717, 1.165) is 0 Å². The number of hydrogen-bond acceptors (Lipinski definition) is 4.